The normalized spacial score (nSPS) is 16.6. The number of rotatable bonds is 1. The molecule has 0 aliphatic carbocycles. The number of aryl methyl sites for hydroxylation is 2. The molecule has 1 atom stereocenters. The molecule has 6 heteroatoms. The van der Waals surface area contributed by atoms with Crippen LogP contribution in [0.2, 0.25) is 0 Å². The van der Waals surface area contributed by atoms with E-state index in [2.05, 4.69) is 4.98 Å². The minimum Gasteiger partial charge on any atom is -0.464 e. The van der Waals surface area contributed by atoms with Crippen molar-refractivity contribution in [2.24, 2.45) is 0 Å². The van der Waals surface area contributed by atoms with Crippen molar-refractivity contribution in [3.8, 4) is 5.75 Å². The number of H-pyrrole nitrogens is 1. The van der Waals surface area contributed by atoms with Gasteiger partial charge in [0.2, 0.25) is 0 Å². The highest BCUT2D eigenvalue weighted by Crippen LogP contribution is 2.35. The number of fused-ring (bicyclic) bond motifs is 2. The van der Waals surface area contributed by atoms with Gasteiger partial charge in [-0.1, -0.05) is 11.6 Å². The smallest absolute Gasteiger partial charge is 0.312 e. The number of aromatic amines is 1. The third-order valence-corrected chi connectivity index (χ3v) is 4.44. The van der Waals surface area contributed by atoms with E-state index in [1.165, 1.54) is 6.26 Å². The number of nitrogens with one attached hydrogen (secondary N) is 1. The average molecular weight is 337 g/mol. The highest BCUT2D eigenvalue weighted by atomic mass is 16.5. The van der Waals surface area contributed by atoms with Crippen molar-refractivity contribution >= 4 is 16.9 Å². The third kappa shape index (κ3) is 2.46. The van der Waals surface area contributed by atoms with Gasteiger partial charge in [0, 0.05) is 23.2 Å². The molecule has 1 aliphatic rings. The fourth-order valence-electron chi connectivity index (χ4n) is 3.28. The molecule has 2 aromatic heterocycles. The summed E-state index contributed by atoms with van der Waals surface area (Å²) in [5.41, 5.74) is 1.93. The van der Waals surface area contributed by atoms with E-state index in [9.17, 15) is 14.4 Å². The molecular formula is C19H15NO5. The molecule has 0 fully saturated rings. The Hall–Kier alpha value is -3.15. The van der Waals surface area contributed by atoms with Crippen LogP contribution >= 0.6 is 0 Å². The average Bonchev–Trinajstić information content (AvgIpc) is 2.54. The molecule has 25 heavy (non-hydrogen) atoms. The van der Waals surface area contributed by atoms with Gasteiger partial charge in [-0.25, -0.2) is 0 Å². The zero-order chi connectivity index (χ0) is 17.7. The lowest BCUT2D eigenvalue weighted by Gasteiger charge is -2.23. The molecule has 1 aromatic carbocycles. The van der Waals surface area contributed by atoms with Crippen LogP contribution in [0.4, 0.5) is 0 Å². The molecule has 3 aromatic rings. The lowest BCUT2D eigenvalue weighted by molar-refractivity contribution is -0.135. The van der Waals surface area contributed by atoms with Crippen molar-refractivity contribution < 1.29 is 13.9 Å². The van der Waals surface area contributed by atoms with Gasteiger partial charge in [0.15, 0.2) is 5.43 Å². The van der Waals surface area contributed by atoms with E-state index in [0.29, 0.717) is 16.7 Å². The molecule has 0 saturated heterocycles. The monoisotopic (exact) mass is 337 g/mol. The van der Waals surface area contributed by atoms with Gasteiger partial charge in [-0.15, -0.1) is 0 Å². The Labute approximate surface area is 142 Å². The zero-order valence-corrected chi connectivity index (χ0v) is 13.7. The standard InChI is InChI=1S/C19H15NO5/c1-9-3-4-14-12(5-9)18(22)13(8-24-14)11-7-16(21)25-15-6-10(2)20-19(23)17(11)15/h3-6,8,11H,7H2,1-2H3,(H,20,23). The SMILES string of the molecule is Cc1ccc2occ(C3CC(=O)Oc4cc(C)[nH]c(=O)c43)c(=O)c2c1. The van der Waals surface area contributed by atoms with Crippen LogP contribution in [0.25, 0.3) is 11.0 Å². The lowest BCUT2D eigenvalue weighted by atomic mass is 9.87. The van der Waals surface area contributed by atoms with E-state index in [1.807, 2.05) is 13.0 Å². The summed E-state index contributed by atoms with van der Waals surface area (Å²) in [4.78, 5) is 40.1. The van der Waals surface area contributed by atoms with Gasteiger partial charge in [-0.2, -0.15) is 0 Å². The van der Waals surface area contributed by atoms with Gasteiger partial charge in [0.25, 0.3) is 5.56 Å². The number of benzene rings is 1. The molecule has 4 rings (SSSR count). The molecule has 6 nitrogen and oxygen atoms in total. The summed E-state index contributed by atoms with van der Waals surface area (Å²) in [5, 5.41) is 0.432. The van der Waals surface area contributed by atoms with Crippen LogP contribution in [-0.4, -0.2) is 11.0 Å². The number of carbonyl (C=O) groups excluding carboxylic acids is 1. The van der Waals surface area contributed by atoms with Gasteiger partial charge in [0.1, 0.15) is 11.3 Å². The first kappa shape index (κ1) is 15.4. The minimum absolute atomic E-state index is 0.0821. The first-order chi connectivity index (χ1) is 11.9. The van der Waals surface area contributed by atoms with Crippen LogP contribution in [0.1, 0.15) is 34.7 Å². The van der Waals surface area contributed by atoms with Crippen molar-refractivity contribution in [2.75, 3.05) is 0 Å². The van der Waals surface area contributed by atoms with Crippen LogP contribution in [0.15, 0.2) is 44.5 Å². The molecule has 0 saturated carbocycles. The Morgan fingerprint density at radius 1 is 1.12 bits per heavy atom. The number of hydrogen-bond acceptors (Lipinski definition) is 5. The molecule has 126 valence electrons. The molecule has 0 amide bonds. The summed E-state index contributed by atoms with van der Waals surface area (Å²) in [7, 11) is 0. The maximum atomic E-state index is 13.0. The Morgan fingerprint density at radius 2 is 1.92 bits per heavy atom. The maximum Gasteiger partial charge on any atom is 0.312 e. The molecule has 1 aliphatic heterocycles. The van der Waals surface area contributed by atoms with Crippen molar-refractivity contribution in [1.29, 1.82) is 0 Å². The van der Waals surface area contributed by atoms with Gasteiger partial charge in [-0.3, -0.25) is 14.4 Å². The van der Waals surface area contributed by atoms with E-state index in [4.69, 9.17) is 9.15 Å². The van der Waals surface area contributed by atoms with Crippen molar-refractivity contribution in [2.45, 2.75) is 26.2 Å². The summed E-state index contributed by atoms with van der Waals surface area (Å²) in [5.74, 6) is -0.973. The summed E-state index contributed by atoms with van der Waals surface area (Å²) >= 11 is 0. The summed E-state index contributed by atoms with van der Waals surface area (Å²) in [6.07, 6.45) is 1.26. The van der Waals surface area contributed by atoms with Gasteiger partial charge < -0.3 is 14.1 Å². The molecular weight excluding hydrogens is 322 g/mol. The topological polar surface area (TPSA) is 89.4 Å². The largest absolute Gasteiger partial charge is 0.464 e. The summed E-state index contributed by atoms with van der Waals surface area (Å²) in [6, 6.07) is 6.92. The predicted molar refractivity (Wildman–Crippen MR) is 91.1 cm³/mol. The molecule has 3 heterocycles. The predicted octanol–water partition coefficient (Wildman–Crippen LogP) is 2.54. The second-order valence-corrected chi connectivity index (χ2v) is 6.31. The van der Waals surface area contributed by atoms with Gasteiger partial charge in [-0.05, 0) is 26.0 Å². The van der Waals surface area contributed by atoms with Crippen LogP contribution in [0, 0.1) is 13.8 Å². The lowest BCUT2D eigenvalue weighted by Crippen LogP contribution is -2.30. The van der Waals surface area contributed by atoms with E-state index in [-0.39, 0.29) is 34.3 Å². The minimum atomic E-state index is -0.693. The molecule has 0 spiro atoms. The molecule has 0 bridgehead atoms. The molecule has 1 N–H and O–H groups in total. The number of hydrogen-bond donors (Lipinski definition) is 1. The molecule has 1 unspecified atom stereocenters. The Morgan fingerprint density at radius 3 is 2.72 bits per heavy atom. The van der Waals surface area contributed by atoms with E-state index in [1.54, 1.807) is 25.1 Å². The van der Waals surface area contributed by atoms with Gasteiger partial charge in [0.05, 0.1) is 23.6 Å². The number of pyridine rings is 1. The quantitative estimate of drug-likeness (QED) is 0.689. The van der Waals surface area contributed by atoms with E-state index >= 15 is 0 Å². The first-order valence-corrected chi connectivity index (χ1v) is 7.90. The van der Waals surface area contributed by atoms with Crippen LogP contribution < -0.4 is 15.7 Å². The number of aromatic nitrogens is 1. The van der Waals surface area contributed by atoms with E-state index in [0.717, 1.165) is 5.56 Å². The summed E-state index contributed by atoms with van der Waals surface area (Å²) < 4.78 is 10.8. The van der Waals surface area contributed by atoms with Crippen molar-refractivity contribution in [1.82, 2.24) is 4.98 Å². The van der Waals surface area contributed by atoms with Crippen LogP contribution in [-0.2, 0) is 4.79 Å². The fraction of sp³-hybridized carbons (Fsp3) is 0.211. The van der Waals surface area contributed by atoms with E-state index < -0.39 is 11.9 Å². The van der Waals surface area contributed by atoms with Crippen molar-refractivity contribution in [3.63, 3.8) is 0 Å². The summed E-state index contributed by atoms with van der Waals surface area (Å²) in [6.45, 7) is 3.58. The fourth-order valence-corrected chi connectivity index (χ4v) is 3.28. The second kappa shape index (κ2) is 5.44. The second-order valence-electron chi connectivity index (χ2n) is 6.31. The first-order valence-electron chi connectivity index (χ1n) is 7.90. The highest BCUT2D eigenvalue weighted by molar-refractivity contribution is 5.80. The zero-order valence-electron chi connectivity index (χ0n) is 13.7. The third-order valence-electron chi connectivity index (χ3n) is 4.44. The van der Waals surface area contributed by atoms with Crippen LogP contribution in [0.5, 0.6) is 5.75 Å². The Balaban J connectivity index is 1.99. The Kier molecular flexibility index (Phi) is 3.35. The van der Waals surface area contributed by atoms with Gasteiger partial charge >= 0.3 is 5.97 Å². The Bertz CT molecular complexity index is 1140. The highest BCUT2D eigenvalue weighted by Gasteiger charge is 2.33. The number of ether oxygens (including phenoxy) is 1. The number of esters is 1. The van der Waals surface area contributed by atoms with Crippen molar-refractivity contribution in [3.05, 3.63) is 73.5 Å². The van der Waals surface area contributed by atoms with Crippen LogP contribution in [0.3, 0.4) is 0 Å². The maximum absolute atomic E-state index is 13.0. The molecule has 0 radical (unpaired) electrons. The number of carbonyl (C=O) groups is 1.